The van der Waals surface area contributed by atoms with Gasteiger partial charge in [-0.05, 0) is 6.07 Å². The number of nitro groups is 1. The molecule has 3 N–H and O–H groups in total. The molecule has 1 aromatic carbocycles. The van der Waals surface area contributed by atoms with E-state index in [1.54, 1.807) is 6.08 Å². The maximum absolute atomic E-state index is 10.9. The van der Waals surface area contributed by atoms with E-state index in [4.69, 9.17) is 10.7 Å². The average Bonchev–Trinajstić information content (AvgIpc) is 2.64. The topological polar surface area (TPSA) is 93.7 Å². The Hall–Kier alpha value is -2.28. The van der Waals surface area contributed by atoms with Crippen LogP contribution in [0.1, 0.15) is 0 Å². The molecule has 1 heterocycles. The predicted molar refractivity (Wildman–Crippen MR) is 59.8 cm³/mol. The molecule has 0 radical (unpaired) electrons. The number of benzene rings is 1. The zero-order valence-corrected chi connectivity index (χ0v) is 8.34. The van der Waals surface area contributed by atoms with Crippen LogP contribution in [0.2, 0.25) is 0 Å². The van der Waals surface area contributed by atoms with Gasteiger partial charge in [0.15, 0.2) is 5.69 Å². The summed E-state index contributed by atoms with van der Waals surface area (Å²) >= 11 is 0. The van der Waals surface area contributed by atoms with Gasteiger partial charge >= 0.3 is 0 Å². The highest BCUT2D eigenvalue weighted by Gasteiger charge is 2.30. The van der Waals surface area contributed by atoms with E-state index in [1.165, 1.54) is 17.2 Å². The number of rotatable bonds is 3. The number of hydrogen-bond donors (Lipinski definition) is 2. The van der Waals surface area contributed by atoms with Crippen molar-refractivity contribution in [3.8, 4) is 0 Å². The number of nitro benzene ring substituents is 1. The number of nitrogen functional groups attached to an aromatic ring is 1. The molecule has 0 saturated heterocycles. The molecule has 0 saturated carbocycles. The third-order valence-electron chi connectivity index (χ3n) is 2.19. The Kier molecular flexibility index (Phi) is 2.37. The van der Waals surface area contributed by atoms with Crippen LogP contribution in [0.15, 0.2) is 24.8 Å². The number of hydrogen-bond acceptors (Lipinski definition) is 6. The van der Waals surface area contributed by atoms with Crippen molar-refractivity contribution in [1.82, 2.24) is 0 Å². The molecule has 0 fully saturated rings. The second-order valence-electron chi connectivity index (χ2n) is 3.20. The molecule has 16 heavy (non-hydrogen) atoms. The SMILES string of the molecule is C=CCN1ONc2c(N)ccc([N+](=O)[O-])c21. The Labute approximate surface area is 91.2 Å². The lowest BCUT2D eigenvalue weighted by atomic mass is 10.2. The van der Waals surface area contributed by atoms with Gasteiger partial charge in [-0.3, -0.25) is 10.1 Å². The van der Waals surface area contributed by atoms with Gasteiger partial charge < -0.3 is 5.73 Å². The van der Waals surface area contributed by atoms with Crippen LogP contribution in [0.5, 0.6) is 0 Å². The summed E-state index contributed by atoms with van der Waals surface area (Å²) in [6.07, 6.45) is 1.57. The number of nitrogens with two attached hydrogens (primary N) is 1. The Bertz CT molecular complexity index is 460. The van der Waals surface area contributed by atoms with Crippen molar-refractivity contribution in [2.24, 2.45) is 0 Å². The fourth-order valence-corrected chi connectivity index (χ4v) is 1.50. The van der Waals surface area contributed by atoms with E-state index >= 15 is 0 Å². The van der Waals surface area contributed by atoms with E-state index in [0.29, 0.717) is 23.6 Å². The summed E-state index contributed by atoms with van der Waals surface area (Å²) in [7, 11) is 0. The fraction of sp³-hybridized carbons (Fsp3) is 0.111. The minimum Gasteiger partial charge on any atom is -0.397 e. The lowest BCUT2D eigenvalue weighted by Gasteiger charge is -2.12. The maximum atomic E-state index is 10.9. The minimum atomic E-state index is -0.481. The maximum Gasteiger partial charge on any atom is 0.297 e. The zero-order valence-electron chi connectivity index (χ0n) is 8.34. The third kappa shape index (κ3) is 1.43. The van der Waals surface area contributed by atoms with Crippen LogP contribution in [0.3, 0.4) is 0 Å². The molecular formula is C9H10N4O3. The fourth-order valence-electron chi connectivity index (χ4n) is 1.50. The normalized spacial score (nSPS) is 13.1. The summed E-state index contributed by atoms with van der Waals surface area (Å²) in [4.78, 5) is 15.4. The Morgan fingerprint density at radius 3 is 3.06 bits per heavy atom. The number of fused-ring (bicyclic) bond motifs is 1. The van der Waals surface area contributed by atoms with Gasteiger partial charge in [-0.1, -0.05) is 6.08 Å². The van der Waals surface area contributed by atoms with Gasteiger partial charge in [0.25, 0.3) is 5.69 Å². The standard InChI is InChI=1S/C9H10N4O3/c1-2-5-12-9-7(13(14)15)4-3-6(10)8(9)11-16-12/h2-4,11H,1,5,10H2. The molecule has 0 unspecified atom stereocenters. The molecule has 7 heteroatoms. The third-order valence-corrected chi connectivity index (χ3v) is 2.19. The van der Waals surface area contributed by atoms with E-state index in [9.17, 15) is 10.1 Å². The average molecular weight is 222 g/mol. The molecule has 0 aromatic heterocycles. The summed E-state index contributed by atoms with van der Waals surface area (Å²) < 4.78 is 0. The van der Waals surface area contributed by atoms with Gasteiger partial charge in [0.05, 0.1) is 17.2 Å². The number of nitrogens with one attached hydrogen (secondary N) is 1. The monoisotopic (exact) mass is 222 g/mol. The van der Waals surface area contributed by atoms with Gasteiger partial charge in [0.1, 0.15) is 5.69 Å². The van der Waals surface area contributed by atoms with E-state index in [0.717, 1.165) is 0 Å². The highest BCUT2D eigenvalue weighted by molar-refractivity contribution is 5.89. The molecule has 2 rings (SSSR count). The van der Waals surface area contributed by atoms with Crippen molar-refractivity contribution < 1.29 is 9.86 Å². The van der Waals surface area contributed by atoms with Crippen molar-refractivity contribution in [2.45, 2.75) is 0 Å². The van der Waals surface area contributed by atoms with Crippen molar-refractivity contribution in [2.75, 3.05) is 22.8 Å². The minimum absolute atomic E-state index is 0.0592. The van der Waals surface area contributed by atoms with Gasteiger partial charge in [0.2, 0.25) is 0 Å². The summed E-state index contributed by atoms with van der Waals surface area (Å²) in [5.41, 5.74) is 9.30. The zero-order chi connectivity index (χ0) is 11.7. The van der Waals surface area contributed by atoms with Gasteiger partial charge in [-0.25, -0.2) is 10.5 Å². The molecular weight excluding hydrogens is 212 g/mol. The van der Waals surface area contributed by atoms with Crippen molar-refractivity contribution >= 4 is 22.7 Å². The van der Waals surface area contributed by atoms with Gasteiger partial charge in [0, 0.05) is 6.07 Å². The van der Waals surface area contributed by atoms with E-state index < -0.39 is 4.92 Å². The number of hydroxylamine groups is 1. The van der Waals surface area contributed by atoms with Gasteiger partial charge in [-0.15, -0.1) is 6.58 Å². The van der Waals surface area contributed by atoms with Gasteiger partial charge in [-0.2, -0.15) is 4.94 Å². The Balaban J connectivity index is 2.55. The molecule has 0 bridgehead atoms. The molecule has 1 aliphatic heterocycles. The van der Waals surface area contributed by atoms with Crippen LogP contribution in [0.25, 0.3) is 0 Å². The first-order chi connectivity index (χ1) is 7.65. The first-order valence-electron chi connectivity index (χ1n) is 4.53. The first kappa shape index (κ1) is 10.2. The highest BCUT2D eigenvalue weighted by atomic mass is 16.8. The van der Waals surface area contributed by atoms with Crippen LogP contribution in [-0.2, 0) is 4.94 Å². The molecule has 0 atom stereocenters. The number of anilines is 3. The summed E-state index contributed by atoms with van der Waals surface area (Å²) in [6, 6.07) is 2.81. The molecule has 0 spiro atoms. The molecule has 7 nitrogen and oxygen atoms in total. The summed E-state index contributed by atoms with van der Waals surface area (Å²) in [5, 5.41) is 12.2. The first-order valence-corrected chi connectivity index (χ1v) is 4.53. The van der Waals surface area contributed by atoms with Crippen LogP contribution in [0, 0.1) is 10.1 Å². The van der Waals surface area contributed by atoms with Crippen LogP contribution >= 0.6 is 0 Å². The van der Waals surface area contributed by atoms with E-state index in [2.05, 4.69) is 12.1 Å². The second-order valence-corrected chi connectivity index (χ2v) is 3.20. The Morgan fingerprint density at radius 1 is 1.69 bits per heavy atom. The van der Waals surface area contributed by atoms with E-state index in [1.807, 2.05) is 0 Å². The molecule has 0 amide bonds. The number of nitrogens with zero attached hydrogens (tertiary/aromatic N) is 2. The molecule has 0 aliphatic carbocycles. The smallest absolute Gasteiger partial charge is 0.297 e. The summed E-state index contributed by atoms with van der Waals surface area (Å²) in [6.45, 7) is 3.87. The quantitative estimate of drug-likeness (QED) is 0.348. The van der Waals surface area contributed by atoms with Crippen LogP contribution < -0.4 is 16.3 Å². The Morgan fingerprint density at radius 2 is 2.44 bits per heavy atom. The lowest BCUT2D eigenvalue weighted by Crippen LogP contribution is -2.20. The lowest BCUT2D eigenvalue weighted by molar-refractivity contribution is -0.384. The van der Waals surface area contributed by atoms with Crippen molar-refractivity contribution in [3.05, 3.63) is 34.9 Å². The van der Waals surface area contributed by atoms with Crippen LogP contribution in [0.4, 0.5) is 22.7 Å². The highest BCUT2D eigenvalue weighted by Crippen LogP contribution is 2.43. The molecule has 1 aliphatic rings. The predicted octanol–water partition coefficient (Wildman–Crippen LogP) is 1.44. The summed E-state index contributed by atoms with van der Waals surface area (Å²) in [5.74, 6) is 0. The largest absolute Gasteiger partial charge is 0.397 e. The molecule has 1 aromatic rings. The van der Waals surface area contributed by atoms with Crippen molar-refractivity contribution in [3.63, 3.8) is 0 Å². The van der Waals surface area contributed by atoms with E-state index in [-0.39, 0.29) is 5.69 Å². The molecule has 84 valence electrons. The second kappa shape index (κ2) is 3.70. The van der Waals surface area contributed by atoms with Crippen LogP contribution in [-0.4, -0.2) is 11.5 Å². The van der Waals surface area contributed by atoms with Crippen molar-refractivity contribution in [1.29, 1.82) is 0 Å².